The summed E-state index contributed by atoms with van der Waals surface area (Å²) in [5.41, 5.74) is 0. The van der Waals surface area contributed by atoms with Gasteiger partial charge in [-0.25, -0.2) is 0 Å². The highest BCUT2D eigenvalue weighted by molar-refractivity contribution is 5.81. The van der Waals surface area contributed by atoms with Crippen LogP contribution in [0, 0.1) is 11.8 Å². The summed E-state index contributed by atoms with van der Waals surface area (Å²) in [4.78, 5) is 11.7. The number of carbonyl (C=O) groups excluding carboxylic acids is 1. The van der Waals surface area contributed by atoms with E-state index in [2.05, 4.69) is 24.5 Å². The van der Waals surface area contributed by atoms with Crippen LogP contribution in [0.25, 0.3) is 0 Å². The molecule has 0 fully saturated rings. The predicted octanol–water partition coefficient (Wildman–Crippen LogP) is 0.754. The van der Waals surface area contributed by atoms with Crippen LogP contribution in [-0.2, 0) is 4.79 Å². The monoisotopic (exact) mass is 230 g/mol. The predicted molar refractivity (Wildman–Crippen MR) is 66.2 cm³/mol. The first-order valence-electron chi connectivity index (χ1n) is 6.03. The molecule has 0 saturated carbocycles. The van der Waals surface area contributed by atoms with Crippen molar-refractivity contribution in [3.8, 4) is 0 Å². The van der Waals surface area contributed by atoms with E-state index in [1.165, 1.54) is 0 Å². The van der Waals surface area contributed by atoms with E-state index < -0.39 is 0 Å². The smallest absolute Gasteiger partial charge is 0.236 e. The van der Waals surface area contributed by atoms with Gasteiger partial charge in [0.2, 0.25) is 5.91 Å². The first kappa shape index (κ1) is 15.4. The lowest BCUT2D eigenvalue weighted by molar-refractivity contribution is -0.123. The minimum Gasteiger partial charge on any atom is -0.396 e. The molecule has 0 aromatic heterocycles. The van der Waals surface area contributed by atoms with E-state index in [0.717, 1.165) is 0 Å². The fraction of sp³-hybridized carbons (Fsp3) is 0.917. The molecule has 16 heavy (non-hydrogen) atoms. The number of carbonyl (C=O) groups is 1. The number of aliphatic hydroxyl groups excluding tert-OH is 1. The molecule has 4 nitrogen and oxygen atoms in total. The summed E-state index contributed by atoms with van der Waals surface area (Å²) in [7, 11) is 0. The third-order valence-electron chi connectivity index (χ3n) is 2.73. The molecule has 0 saturated heterocycles. The highest BCUT2D eigenvalue weighted by Gasteiger charge is 2.18. The molecule has 0 aromatic carbocycles. The minimum atomic E-state index is -0.220. The lowest BCUT2D eigenvalue weighted by Crippen LogP contribution is -2.48. The highest BCUT2D eigenvalue weighted by Crippen LogP contribution is 2.02. The van der Waals surface area contributed by atoms with E-state index in [9.17, 15) is 4.79 Å². The fourth-order valence-corrected chi connectivity index (χ4v) is 1.25. The number of hydrogen-bond donors (Lipinski definition) is 3. The second-order valence-electron chi connectivity index (χ2n) is 4.98. The summed E-state index contributed by atoms with van der Waals surface area (Å²) in [6, 6.07) is -0.0902. The molecule has 3 atom stereocenters. The first-order valence-corrected chi connectivity index (χ1v) is 6.03. The largest absolute Gasteiger partial charge is 0.396 e. The molecule has 4 heteroatoms. The SMILES string of the molecule is CC(C)CNC(=O)C(C)NC(C)C(C)CO. The number of hydrogen-bond acceptors (Lipinski definition) is 3. The average Bonchev–Trinajstić information content (AvgIpc) is 2.24. The van der Waals surface area contributed by atoms with Crippen LogP contribution < -0.4 is 10.6 Å². The zero-order valence-corrected chi connectivity index (χ0v) is 11.1. The third kappa shape index (κ3) is 6.08. The molecule has 0 radical (unpaired) electrons. The molecule has 0 aliphatic carbocycles. The zero-order chi connectivity index (χ0) is 12.7. The van der Waals surface area contributed by atoms with Crippen LogP contribution in [0.3, 0.4) is 0 Å². The van der Waals surface area contributed by atoms with Gasteiger partial charge < -0.3 is 15.7 Å². The molecule has 1 amide bonds. The van der Waals surface area contributed by atoms with Crippen molar-refractivity contribution < 1.29 is 9.90 Å². The molecule has 96 valence electrons. The van der Waals surface area contributed by atoms with Crippen LogP contribution in [0.2, 0.25) is 0 Å². The maximum Gasteiger partial charge on any atom is 0.236 e. The normalized spacial score (nSPS) is 16.9. The molecule has 0 bridgehead atoms. The van der Waals surface area contributed by atoms with E-state index in [-0.39, 0.29) is 30.5 Å². The quantitative estimate of drug-likeness (QED) is 0.605. The van der Waals surface area contributed by atoms with Gasteiger partial charge in [-0.3, -0.25) is 4.79 Å². The number of amides is 1. The van der Waals surface area contributed by atoms with Crippen LogP contribution in [0.15, 0.2) is 0 Å². The molecule has 3 unspecified atom stereocenters. The third-order valence-corrected chi connectivity index (χ3v) is 2.73. The van der Waals surface area contributed by atoms with E-state index in [0.29, 0.717) is 12.5 Å². The van der Waals surface area contributed by atoms with E-state index >= 15 is 0 Å². The van der Waals surface area contributed by atoms with Gasteiger partial charge in [0.25, 0.3) is 0 Å². The van der Waals surface area contributed by atoms with Crippen LogP contribution in [0.1, 0.15) is 34.6 Å². The maximum absolute atomic E-state index is 11.7. The Morgan fingerprint density at radius 3 is 2.19 bits per heavy atom. The molecule has 0 rings (SSSR count). The van der Waals surface area contributed by atoms with Gasteiger partial charge in [-0.2, -0.15) is 0 Å². The Hall–Kier alpha value is -0.610. The highest BCUT2D eigenvalue weighted by atomic mass is 16.3. The standard InChI is InChI=1S/C12H26N2O2/c1-8(2)6-13-12(16)11(5)14-10(4)9(3)7-15/h8-11,14-15H,6-7H2,1-5H3,(H,13,16). The zero-order valence-electron chi connectivity index (χ0n) is 11.1. The lowest BCUT2D eigenvalue weighted by Gasteiger charge is -2.23. The van der Waals surface area contributed by atoms with Crippen LogP contribution in [0.5, 0.6) is 0 Å². The van der Waals surface area contributed by atoms with Crippen molar-refractivity contribution in [3.05, 3.63) is 0 Å². The minimum absolute atomic E-state index is 0.0192. The van der Waals surface area contributed by atoms with Crippen molar-refractivity contribution in [2.24, 2.45) is 11.8 Å². The Labute approximate surface area is 98.8 Å². The van der Waals surface area contributed by atoms with Gasteiger partial charge in [0, 0.05) is 19.2 Å². The summed E-state index contributed by atoms with van der Waals surface area (Å²) >= 11 is 0. The summed E-state index contributed by atoms with van der Waals surface area (Å²) < 4.78 is 0. The maximum atomic E-state index is 11.7. The Morgan fingerprint density at radius 2 is 1.75 bits per heavy atom. The second-order valence-corrected chi connectivity index (χ2v) is 4.98. The van der Waals surface area contributed by atoms with Gasteiger partial charge in [0.15, 0.2) is 0 Å². The molecule has 0 aliphatic rings. The van der Waals surface area contributed by atoms with Gasteiger partial charge in [0.1, 0.15) is 0 Å². The molecule has 0 aliphatic heterocycles. The van der Waals surface area contributed by atoms with Crippen molar-refractivity contribution in [2.45, 2.75) is 46.7 Å². The van der Waals surface area contributed by atoms with Crippen molar-refractivity contribution in [2.75, 3.05) is 13.2 Å². The lowest BCUT2D eigenvalue weighted by atomic mass is 10.0. The van der Waals surface area contributed by atoms with Crippen molar-refractivity contribution in [1.29, 1.82) is 0 Å². The molecule has 0 spiro atoms. The summed E-state index contributed by atoms with van der Waals surface area (Å²) in [5, 5.41) is 15.1. The number of aliphatic hydroxyl groups is 1. The summed E-state index contributed by atoms with van der Waals surface area (Å²) in [6.45, 7) is 10.7. The fourth-order valence-electron chi connectivity index (χ4n) is 1.25. The number of nitrogens with one attached hydrogen (secondary N) is 2. The molecular formula is C12H26N2O2. The Balaban J connectivity index is 3.95. The van der Waals surface area contributed by atoms with Gasteiger partial charge in [-0.05, 0) is 25.7 Å². The average molecular weight is 230 g/mol. The van der Waals surface area contributed by atoms with Gasteiger partial charge in [-0.1, -0.05) is 20.8 Å². The van der Waals surface area contributed by atoms with Gasteiger partial charge in [0.05, 0.1) is 6.04 Å². The molecule has 0 aromatic rings. The summed E-state index contributed by atoms with van der Waals surface area (Å²) in [6.07, 6.45) is 0. The Kier molecular flexibility index (Phi) is 7.34. The van der Waals surface area contributed by atoms with Crippen molar-refractivity contribution in [1.82, 2.24) is 10.6 Å². The molecular weight excluding hydrogens is 204 g/mol. The van der Waals surface area contributed by atoms with Crippen LogP contribution in [0.4, 0.5) is 0 Å². The van der Waals surface area contributed by atoms with Crippen molar-refractivity contribution >= 4 is 5.91 Å². The Bertz CT molecular complexity index is 207. The number of rotatable bonds is 7. The van der Waals surface area contributed by atoms with E-state index in [1.807, 2.05) is 20.8 Å². The molecule has 0 heterocycles. The van der Waals surface area contributed by atoms with Gasteiger partial charge >= 0.3 is 0 Å². The van der Waals surface area contributed by atoms with Crippen LogP contribution >= 0.6 is 0 Å². The topological polar surface area (TPSA) is 61.4 Å². The second kappa shape index (κ2) is 7.63. The molecule has 3 N–H and O–H groups in total. The van der Waals surface area contributed by atoms with Gasteiger partial charge in [-0.15, -0.1) is 0 Å². The summed E-state index contributed by atoms with van der Waals surface area (Å²) in [5.74, 6) is 0.635. The van der Waals surface area contributed by atoms with E-state index in [1.54, 1.807) is 0 Å². The van der Waals surface area contributed by atoms with Crippen molar-refractivity contribution in [3.63, 3.8) is 0 Å². The van der Waals surface area contributed by atoms with E-state index in [4.69, 9.17) is 5.11 Å². The van der Waals surface area contributed by atoms with Crippen LogP contribution in [-0.4, -0.2) is 36.2 Å². The Morgan fingerprint density at radius 1 is 1.19 bits per heavy atom. The first-order chi connectivity index (χ1) is 7.38.